The summed E-state index contributed by atoms with van der Waals surface area (Å²) in [4.78, 5) is 25.8. The van der Waals surface area contributed by atoms with Crippen molar-refractivity contribution >= 4 is 30.7 Å². The Hall–Kier alpha value is -3.16. The number of nitrogens with one attached hydrogen (secondary N) is 2. The first-order valence-electron chi connectivity index (χ1n) is 14.2. The van der Waals surface area contributed by atoms with Crippen LogP contribution in [0.2, 0.25) is 0 Å². The number of aliphatic hydroxyl groups excluding tert-OH is 1. The average molecular weight is 621 g/mol. The Balaban J connectivity index is 1.36. The van der Waals surface area contributed by atoms with Crippen LogP contribution in [0.5, 0.6) is 5.75 Å². The van der Waals surface area contributed by atoms with Crippen LogP contribution in [0.3, 0.4) is 0 Å². The minimum Gasteiger partial charge on any atom is -0.462 e. The third kappa shape index (κ3) is 6.83. The largest absolute Gasteiger partial charge is 0.462 e. The summed E-state index contributed by atoms with van der Waals surface area (Å²) in [7, 11) is -4.27. The Morgan fingerprint density at radius 2 is 1.93 bits per heavy atom. The van der Waals surface area contributed by atoms with E-state index >= 15 is 4.39 Å². The molecule has 0 unspecified atom stereocenters. The van der Waals surface area contributed by atoms with Gasteiger partial charge in [-0.3, -0.25) is 13.9 Å². The number of hydrogen-bond donors (Lipinski definition) is 3. The number of aliphatic hydroxyl groups is 1. The molecule has 0 spiro atoms. The van der Waals surface area contributed by atoms with Crippen molar-refractivity contribution in [3.63, 3.8) is 0 Å². The van der Waals surface area contributed by atoms with Crippen LogP contribution < -0.4 is 14.9 Å². The Bertz CT molecular complexity index is 1520. The molecule has 0 amide bonds. The van der Waals surface area contributed by atoms with Gasteiger partial charge in [-0.05, 0) is 66.5 Å². The first-order valence-corrected chi connectivity index (χ1v) is 15.7. The molecule has 1 aliphatic carbocycles. The number of nitrogens with zero attached hydrogens (tertiary/aromatic N) is 4. The van der Waals surface area contributed by atoms with Gasteiger partial charge in [0.1, 0.15) is 29.8 Å². The Kier molecular flexibility index (Phi) is 8.53. The van der Waals surface area contributed by atoms with Crippen molar-refractivity contribution in [2.75, 3.05) is 11.9 Å². The molecule has 2 aliphatic rings. The van der Waals surface area contributed by atoms with Gasteiger partial charge >= 0.3 is 13.7 Å². The summed E-state index contributed by atoms with van der Waals surface area (Å²) < 4.78 is 53.9. The molecule has 2 aromatic heterocycles. The highest BCUT2D eigenvalue weighted by Gasteiger charge is 2.56. The predicted octanol–water partition coefficient (Wildman–Crippen LogP) is 4.22. The quantitative estimate of drug-likeness (QED) is 0.196. The van der Waals surface area contributed by atoms with Gasteiger partial charge in [0.15, 0.2) is 28.9 Å². The number of benzene rings is 1. The fraction of sp³-hybridized carbons (Fsp3) is 0.571. The zero-order chi connectivity index (χ0) is 31.2. The number of esters is 1. The number of para-hydroxylation sites is 1. The Labute approximate surface area is 249 Å². The number of hydrogen-bond acceptors (Lipinski definition) is 11. The molecule has 1 saturated heterocycles. The molecule has 1 saturated carbocycles. The Morgan fingerprint density at radius 3 is 2.58 bits per heavy atom. The number of fused-ring (bicyclic) bond motifs is 1. The molecule has 43 heavy (non-hydrogen) atoms. The maximum absolute atomic E-state index is 16.2. The monoisotopic (exact) mass is 620 g/mol. The number of rotatable bonds is 12. The molecule has 5 rings (SSSR count). The number of ether oxygens (including phenoxy) is 2. The average Bonchev–Trinajstić information content (AvgIpc) is 3.42. The second-order valence-corrected chi connectivity index (χ2v) is 13.5. The topological polar surface area (TPSA) is 159 Å². The first kappa shape index (κ1) is 31.3. The maximum atomic E-state index is 16.2. The molecule has 3 heterocycles. The molecule has 0 bridgehead atoms. The van der Waals surface area contributed by atoms with Crippen LogP contribution in [-0.2, 0) is 23.4 Å². The van der Waals surface area contributed by atoms with E-state index in [1.165, 1.54) is 24.7 Å². The van der Waals surface area contributed by atoms with Gasteiger partial charge in [0, 0.05) is 5.54 Å². The molecule has 1 aliphatic heterocycles. The van der Waals surface area contributed by atoms with Gasteiger partial charge in [-0.15, -0.1) is 0 Å². The number of halogens is 1. The summed E-state index contributed by atoms with van der Waals surface area (Å²) in [6.45, 7) is 9.29. The van der Waals surface area contributed by atoms with Crippen molar-refractivity contribution in [2.24, 2.45) is 0 Å². The van der Waals surface area contributed by atoms with Crippen LogP contribution in [-0.4, -0.2) is 72.8 Å². The van der Waals surface area contributed by atoms with E-state index in [0.29, 0.717) is 22.8 Å². The normalized spacial score (nSPS) is 26.7. The van der Waals surface area contributed by atoms with Crippen molar-refractivity contribution in [1.29, 1.82) is 0 Å². The van der Waals surface area contributed by atoms with E-state index in [1.54, 1.807) is 51.1 Å². The van der Waals surface area contributed by atoms with E-state index in [4.69, 9.17) is 18.5 Å². The lowest BCUT2D eigenvalue weighted by Gasteiger charge is -2.25. The summed E-state index contributed by atoms with van der Waals surface area (Å²) in [6.07, 6.45) is -1.32. The fourth-order valence-corrected chi connectivity index (χ4v) is 6.24. The molecule has 6 atom stereocenters. The summed E-state index contributed by atoms with van der Waals surface area (Å²) in [6, 6.07) is 7.14. The number of imidazole rings is 1. The predicted molar refractivity (Wildman–Crippen MR) is 155 cm³/mol. The highest BCUT2D eigenvalue weighted by atomic mass is 31.2. The first-order chi connectivity index (χ1) is 20.2. The van der Waals surface area contributed by atoms with E-state index in [0.717, 1.165) is 12.8 Å². The van der Waals surface area contributed by atoms with Gasteiger partial charge < -0.3 is 24.4 Å². The Morgan fingerprint density at radius 1 is 1.23 bits per heavy atom. The number of carbonyl (C=O) groups excluding carboxylic acids is 1. The third-order valence-corrected chi connectivity index (χ3v) is 9.00. The van der Waals surface area contributed by atoms with E-state index in [1.807, 2.05) is 0 Å². The molecule has 0 radical (unpaired) electrons. The van der Waals surface area contributed by atoms with Crippen molar-refractivity contribution in [2.45, 2.75) is 96.2 Å². The van der Waals surface area contributed by atoms with Gasteiger partial charge in [0.2, 0.25) is 0 Å². The maximum Gasteiger partial charge on any atom is 0.459 e. The lowest BCUT2D eigenvalue weighted by molar-refractivity contribution is -0.149. The van der Waals surface area contributed by atoms with Crippen molar-refractivity contribution < 1.29 is 37.4 Å². The molecular weight excluding hydrogens is 582 g/mol. The van der Waals surface area contributed by atoms with Crippen molar-refractivity contribution in [1.82, 2.24) is 24.6 Å². The summed E-state index contributed by atoms with van der Waals surface area (Å²) >= 11 is 0. The lowest BCUT2D eigenvalue weighted by Crippen LogP contribution is -2.41. The minimum atomic E-state index is -4.27. The van der Waals surface area contributed by atoms with E-state index in [9.17, 15) is 14.5 Å². The molecule has 2 fully saturated rings. The number of carbonyl (C=O) groups is 1. The molecular formula is C28H38FN6O7P. The second kappa shape index (κ2) is 11.7. The summed E-state index contributed by atoms with van der Waals surface area (Å²) in [5.74, 6) is 0.525. The SMILES string of the molecule is Cc1nc(NC2(C)CC2)c2ncn([C@@H]3O[C@H](CO[P@](=O)(N[C@@H](C)C(=O)OC(C)C)Oc4ccccc4)[C@@H](O)[C@@]3(C)F)c2n1. The summed E-state index contributed by atoms with van der Waals surface area (Å²) in [5, 5.41) is 17.0. The minimum absolute atomic E-state index is 0.0819. The smallest absolute Gasteiger partial charge is 0.459 e. The highest BCUT2D eigenvalue weighted by Crippen LogP contribution is 2.48. The van der Waals surface area contributed by atoms with Crippen LogP contribution in [0.15, 0.2) is 36.7 Å². The van der Waals surface area contributed by atoms with Crippen LogP contribution >= 0.6 is 7.75 Å². The summed E-state index contributed by atoms with van der Waals surface area (Å²) in [5.41, 5.74) is -1.62. The molecule has 15 heteroatoms. The zero-order valence-corrected chi connectivity index (χ0v) is 25.9. The molecule has 234 valence electrons. The van der Waals surface area contributed by atoms with Crippen LogP contribution in [0.1, 0.15) is 59.5 Å². The van der Waals surface area contributed by atoms with E-state index in [2.05, 4.69) is 32.3 Å². The lowest BCUT2D eigenvalue weighted by atomic mass is 9.98. The van der Waals surface area contributed by atoms with Gasteiger partial charge in [-0.2, -0.15) is 5.09 Å². The van der Waals surface area contributed by atoms with Crippen LogP contribution in [0, 0.1) is 6.92 Å². The van der Waals surface area contributed by atoms with Gasteiger partial charge in [0.05, 0.1) is 19.0 Å². The number of anilines is 1. The number of aryl methyl sites for hydroxylation is 1. The standard InChI is InChI=1S/C28H38FN6O7P/c1-16(2)40-25(37)17(3)34-43(38,42-19-10-8-7-9-11-19)39-14-20-22(36)28(6,29)26(41-20)35-15-30-21-23(33-27(5)12-13-27)31-18(4)32-24(21)35/h7-11,15-17,20,22,26,36H,12-14H2,1-6H3,(H,34,38)(H,31,32,33)/t17-,20+,22+,26+,28+,43+/m0/s1. The molecule has 1 aromatic carbocycles. The molecule has 13 nitrogen and oxygen atoms in total. The van der Waals surface area contributed by atoms with E-state index in [-0.39, 0.29) is 11.3 Å². The fourth-order valence-electron chi connectivity index (χ4n) is 4.74. The zero-order valence-electron chi connectivity index (χ0n) is 25.0. The van der Waals surface area contributed by atoms with Crippen LogP contribution in [0.4, 0.5) is 10.2 Å². The highest BCUT2D eigenvalue weighted by molar-refractivity contribution is 7.52. The van der Waals surface area contributed by atoms with Gasteiger partial charge in [-0.25, -0.2) is 23.9 Å². The third-order valence-electron chi connectivity index (χ3n) is 7.36. The van der Waals surface area contributed by atoms with E-state index < -0.39 is 56.6 Å². The molecule has 3 aromatic rings. The number of aromatic nitrogens is 4. The number of alkyl halides is 1. The van der Waals surface area contributed by atoms with Crippen molar-refractivity contribution in [3.05, 3.63) is 42.5 Å². The van der Waals surface area contributed by atoms with Crippen LogP contribution in [0.25, 0.3) is 11.2 Å². The van der Waals surface area contributed by atoms with Gasteiger partial charge in [-0.1, -0.05) is 18.2 Å². The second-order valence-electron chi connectivity index (χ2n) is 11.8. The van der Waals surface area contributed by atoms with Crippen molar-refractivity contribution in [3.8, 4) is 5.75 Å². The molecule has 3 N–H and O–H groups in total. The van der Waals surface area contributed by atoms with Gasteiger partial charge in [0.25, 0.3) is 0 Å².